The Balaban J connectivity index is 2.11. The summed E-state index contributed by atoms with van der Waals surface area (Å²) in [6.45, 7) is 5.94. The molecular weight excluding hydrogens is 250 g/mol. The van der Waals surface area contributed by atoms with E-state index in [-0.39, 0.29) is 6.04 Å². The van der Waals surface area contributed by atoms with E-state index >= 15 is 0 Å². The van der Waals surface area contributed by atoms with Gasteiger partial charge in [0, 0.05) is 11.6 Å². The van der Waals surface area contributed by atoms with Crippen LogP contribution in [0.3, 0.4) is 0 Å². The van der Waals surface area contributed by atoms with Crippen molar-refractivity contribution in [3.05, 3.63) is 47.3 Å². The highest BCUT2D eigenvalue weighted by molar-refractivity contribution is 5.57. The van der Waals surface area contributed by atoms with Gasteiger partial charge in [-0.3, -0.25) is 0 Å². The first-order valence-corrected chi connectivity index (χ1v) is 6.72. The maximum atomic E-state index is 5.47. The molecule has 0 aliphatic heterocycles. The van der Waals surface area contributed by atoms with Crippen LogP contribution in [0.1, 0.15) is 23.9 Å². The Morgan fingerprint density at radius 2 is 1.75 bits per heavy atom. The fourth-order valence-electron chi connectivity index (χ4n) is 2.16. The van der Waals surface area contributed by atoms with Crippen molar-refractivity contribution in [3.8, 4) is 0 Å². The molecule has 4 N–H and O–H groups in total. The van der Waals surface area contributed by atoms with Gasteiger partial charge in [0.2, 0.25) is 0 Å². The van der Waals surface area contributed by atoms with Gasteiger partial charge in [-0.15, -0.1) is 0 Å². The SMILES string of the molecule is Cc1nc(NN)c(C)c(NC(C)Cc2ccccc2)n1. The van der Waals surface area contributed by atoms with Crippen LogP contribution in [0.15, 0.2) is 30.3 Å². The molecule has 0 amide bonds. The van der Waals surface area contributed by atoms with Crippen LogP contribution >= 0.6 is 0 Å². The minimum atomic E-state index is 0.274. The maximum absolute atomic E-state index is 5.47. The quantitative estimate of drug-likeness (QED) is 0.575. The van der Waals surface area contributed by atoms with E-state index < -0.39 is 0 Å². The molecule has 0 aliphatic carbocycles. The van der Waals surface area contributed by atoms with Crippen LogP contribution in [0.2, 0.25) is 0 Å². The van der Waals surface area contributed by atoms with Crippen LogP contribution in [-0.4, -0.2) is 16.0 Å². The van der Waals surface area contributed by atoms with Gasteiger partial charge in [0.25, 0.3) is 0 Å². The Morgan fingerprint density at radius 1 is 1.10 bits per heavy atom. The molecule has 2 rings (SSSR count). The van der Waals surface area contributed by atoms with Crippen LogP contribution in [-0.2, 0) is 6.42 Å². The third kappa shape index (κ3) is 3.45. The summed E-state index contributed by atoms with van der Waals surface area (Å²) in [5.41, 5.74) is 4.84. The van der Waals surface area contributed by atoms with E-state index in [2.05, 4.69) is 51.9 Å². The first-order valence-electron chi connectivity index (χ1n) is 6.72. The lowest BCUT2D eigenvalue weighted by Gasteiger charge is -2.18. The van der Waals surface area contributed by atoms with Crippen LogP contribution in [0.5, 0.6) is 0 Å². The molecule has 0 saturated carbocycles. The molecule has 1 atom stereocenters. The highest BCUT2D eigenvalue weighted by atomic mass is 15.3. The van der Waals surface area contributed by atoms with Gasteiger partial charge < -0.3 is 10.7 Å². The van der Waals surface area contributed by atoms with E-state index in [0.29, 0.717) is 11.6 Å². The largest absolute Gasteiger partial charge is 0.367 e. The number of hydrogen-bond acceptors (Lipinski definition) is 5. The molecule has 0 aliphatic rings. The molecule has 0 spiro atoms. The van der Waals surface area contributed by atoms with E-state index in [1.165, 1.54) is 5.56 Å². The highest BCUT2D eigenvalue weighted by Gasteiger charge is 2.11. The lowest BCUT2D eigenvalue weighted by atomic mass is 10.1. The number of benzene rings is 1. The summed E-state index contributed by atoms with van der Waals surface area (Å²) in [4.78, 5) is 8.70. The van der Waals surface area contributed by atoms with Gasteiger partial charge in [-0.1, -0.05) is 30.3 Å². The number of aromatic nitrogens is 2. The fraction of sp³-hybridized carbons (Fsp3) is 0.333. The number of nitrogen functional groups attached to an aromatic ring is 1. The Hall–Kier alpha value is -2.14. The third-order valence-corrected chi connectivity index (χ3v) is 3.16. The summed E-state index contributed by atoms with van der Waals surface area (Å²) in [6.07, 6.45) is 0.939. The van der Waals surface area contributed by atoms with E-state index in [1.54, 1.807) is 0 Å². The molecular formula is C15H21N5. The van der Waals surface area contributed by atoms with Crippen molar-refractivity contribution >= 4 is 11.6 Å². The molecule has 5 nitrogen and oxygen atoms in total. The molecule has 1 heterocycles. The monoisotopic (exact) mass is 271 g/mol. The van der Waals surface area contributed by atoms with Crippen molar-refractivity contribution in [3.63, 3.8) is 0 Å². The summed E-state index contributed by atoms with van der Waals surface area (Å²) in [5.74, 6) is 7.65. The predicted octanol–water partition coefficient (Wildman–Crippen LogP) is 2.42. The van der Waals surface area contributed by atoms with Crippen molar-refractivity contribution in [2.45, 2.75) is 33.2 Å². The zero-order valence-corrected chi connectivity index (χ0v) is 12.1. The molecule has 5 heteroatoms. The summed E-state index contributed by atoms with van der Waals surface area (Å²) >= 11 is 0. The topological polar surface area (TPSA) is 75.9 Å². The smallest absolute Gasteiger partial charge is 0.148 e. The normalized spacial score (nSPS) is 12.0. The van der Waals surface area contributed by atoms with E-state index in [4.69, 9.17) is 5.84 Å². The lowest BCUT2D eigenvalue weighted by Crippen LogP contribution is -2.21. The number of hydrazine groups is 1. The highest BCUT2D eigenvalue weighted by Crippen LogP contribution is 2.20. The van der Waals surface area contributed by atoms with Crippen molar-refractivity contribution < 1.29 is 0 Å². The Labute approximate surface area is 119 Å². The molecule has 0 radical (unpaired) electrons. The Morgan fingerprint density at radius 3 is 2.40 bits per heavy atom. The van der Waals surface area contributed by atoms with Gasteiger partial charge in [0.1, 0.15) is 17.5 Å². The lowest BCUT2D eigenvalue weighted by molar-refractivity contribution is 0.780. The van der Waals surface area contributed by atoms with Gasteiger partial charge in [-0.25, -0.2) is 15.8 Å². The van der Waals surface area contributed by atoms with Crippen molar-refractivity contribution in [1.29, 1.82) is 0 Å². The second-order valence-corrected chi connectivity index (χ2v) is 4.97. The molecule has 0 fully saturated rings. The Bertz CT molecular complexity index is 568. The summed E-state index contributed by atoms with van der Waals surface area (Å²) in [5, 5.41) is 3.43. The van der Waals surface area contributed by atoms with Gasteiger partial charge in [-0.2, -0.15) is 0 Å². The maximum Gasteiger partial charge on any atom is 0.148 e. The van der Waals surface area contributed by atoms with Crippen LogP contribution in [0.25, 0.3) is 0 Å². The van der Waals surface area contributed by atoms with Crippen LogP contribution in [0.4, 0.5) is 11.6 Å². The molecule has 1 unspecified atom stereocenters. The van der Waals surface area contributed by atoms with E-state index in [9.17, 15) is 0 Å². The van der Waals surface area contributed by atoms with Crippen molar-refractivity contribution in [2.24, 2.45) is 5.84 Å². The van der Waals surface area contributed by atoms with E-state index in [0.717, 1.165) is 17.8 Å². The summed E-state index contributed by atoms with van der Waals surface area (Å²) in [7, 11) is 0. The van der Waals surface area contributed by atoms with E-state index in [1.807, 2.05) is 19.9 Å². The molecule has 2 aromatic rings. The number of aryl methyl sites for hydroxylation is 1. The zero-order valence-electron chi connectivity index (χ0n) is 12.1. The molecule has 20 heavy (non-hydrogen) atoms. The van der Waals surface area contributed by atoms with Gasteiger partial charge in [-0.05, 0) is 32.8 Å². The van der Waals surface area contributed by atoms with Crippen LogP contribution < -0.4 is 16.6 Å². The molecule has 1 aromatic carbocycles. The fourth-order valence-corrected chi connectivity index (χ4v) is 2.16. The molecule has 1 aromatic heterocycles. The minimum absolute atomic E-state index is 0.274. The zero-order chi connectivity index (χ0) is 14.5. The number of nitrogens with one attached hydrogen (secondary N) is 2. The number of nitrogens with two attached hydrogens (primary N) is 1. The number of anilines is 2. The number of hydrogen-bond donors (Lipinski definition) is 3. The van der Waals surface area contributed by atoms with Crippen molar-refractivity contribution in [2.75, 3.05) is 10.7 Å². The number of nitrogens with zero attached hydrogens (tertiary/aromatic N) is 2. The second-order valence-electron chi connectivity index (χ2n) is 4.97. The van der Waals surface area contributed by atoms with Crippen LogP contribution in [0, 0.1) is 13.8 Å². The first-order chi connectivity index (χ1) is 9.60. The predicted molar refractivity (Wildman–Crippen MR) is 82.5 cm³/mol. The standard InChI is InChI=1S/C15H21N5/c1-10(9-13-7-5-4-6-8-13)17-14-11(2)15(20-16)19-12(3)18-14/h4-8,10H,9,16H2,1-3H3,(H2,17,18,19,20). The van der Waals surface area contributed by atoms with Crippen molar-refractivity contribution in [1.82, 2.24) is 9.97 Å². The second kappa shape index (κ2) is 6.34. The van der Waals surface area contributed by atoms with Gasteiger partial charge in [0.15, 0.2) is 0 Å². The van der Waals surface area contributed by atoms with Gasteiger partial charge in [0.05, 0.1) is 0 Å². The first kappa shape index (κ1) is 14.3. The molecule has 106 valence electrons. The molecule has 0 bridgehead atoms. The average molecular weight is 271 g/mol. The number of rotatable bonds is 5. The summed E-state index contributed by atoms with van der Waals surface area (Å²) < 4.78 is 0. The summed E-state index contributed by atoms with van der Waals surface area (Å²) in [6, 6.07) is 10.7. The third-order valence-electron chi connectivity index (χ3n) is 3.16. The molecule has 0 saturated heterocycles. The minimum Gasteiger partial charge on any atom is -0.367 e. The average Bonchev–Trinajstić information content (AvgIpc) is 2.43. The van der Waals surface area contributed by atoms with Gasteiger partial charge >= 0.3 is 0 Å². The Kier molecular flexibility index (Phi) is 4.53.